The lowest BCUT2D eigenvalue weighted by molar-refractivity contribution is -0.184. The van der Waals surface area contributed by atoms with Gasteiger partial charge in [-0.05, 0) is 32.1 Å². The van der Waals surface area contributed by atoms with Gasteiger partial charge in [-0.1, -0.05) is 32.9 Å². The molecule has 1 heterocycles. The molecule has 0 aromatic rings. The zero-order valence-electron chi connectivity index (χ0n) is 13.1. The maximum Gasteiger partial charge on any atom is 0.163 e. The van der Waals surface area contributed by atoms with Gasteiger partial charge in [0.25, 0.3) is 0 Å². The van der Waals surface area contributed by atoms with Crippen LogP contribution in [0.1, 0.15) is 47.5 Å². The van der Waals surface area contributed by atoms with Crippen molar-refractivity contribution < 1.29 is 14.6 Å². The average Bonchev–Trinajstić information content (AvgIpc) is 2.83. The summed E-state index contributed by atoms with van der Waals surface area (Å²) in [7, 11) is 0. The topological polar surface area (TPSA) is 38.7 Å². The summed E-state index contributed by atoms with van der Waals surface area (Å²) in [5, 5.41) is 10.6. The van der Waals surface area contributed by atoms with E-state index in [-0.39, 0.29) is 40.5 Å². The molecule has 6 atom stereocenters. The Hall–Kier alpha value is -0.380. The van der Waals surface area contributed by atoms with Gasteiger partial charge in [-0.2, -0.15) is 0 Å². The van der Waals surface area contributed by atoms with Crippen LogP contribution < -0.4 is 0 Å². The Morgan fingerprint density at radius 2 is 1.65 bits per heavy atom. The summed E-state index contributed by atoms with van der Waals surface area (Å²) in [6.45, 7) is 10.9. The van der Waals surface area contributed by atoms with Gasteiger partial charge in [-0.3, -0.25) is 0 Å². The van der Waals surface area contributed by atoms with Gasteiger partial charge in [0.15, 0.2) is 5.79 Å². The first-order valence-electron chi connectivity index (χ1n) is 7.88. The predicted octanol–water partition coefficient (Wildman–Crippen LogP) is 2.88. The van der Waals surface area contributed by atoms with Gasteiger partial charge >= 0.3 is 0 Å². The van der Waals surface area contributed by atoms with Gasteiger partial charge in [0.1, 0.15) is 0 Å². The van der Waals surface area contributed by atoms with Crippen molar-refractivity contribution in [3.05, 3.63) is 12.2 Å². The van der Waals surface area contributed by atoms with E-state index in [2.05, 4.69) is 32.9 Å². The van der Waals surface area contributed by atoms with Crippen LogP contribution in [0.3, 0.4) is 0 Å². The Kier molecular flexibility index (Phi) is 2.22. The summed E-state index contributed by atoms with van der Waals surface area (Å²) in [5.74, 6) is -0.252. The van der Waals surface area contributed by atoms with Crippen LogP contribution in [0.25, 0.3) is 0 Å². The summed E-state index contributed by atoms with van der Waals surface area (Å²) in [6, 6.07) is 0. The fourth-order valence-corrected chi connectivity index (χ4v) is 5.76. The van der Waals surface area contributed by atoms with Gasteiger partial charge in [0.2, 0.25) is 0 Å². The van der Waals surface area contributed by atoms with Crippen LogP contribution >= 0.6 is 0 Å². The highest BCUT2D eigenvalue weighted by molar-refractivity contribution is 5.34. The minimum Gasteiger partial charge on any atom is -0.393 e. The molecule has 20 heavy (non-hydrogen) atoms. The lowest BCUT2D eigenvalue weighted by atomic mass is 9.41. The molecule has 5 aliphatic rings. The highest BCUT2D eigenvalue weighted by Crippen LogP contribution is 2.72. The fourth-order valence-electron chi connectivity index (χ4n) is 5.76. The van der Waals surface area contributed by atoms with Crippen molar-refractivity contribution >= 4 is 0 Å². The maximum atomic E-state index is 10.6. The molecule has 2 bridgehead atoms. The number of hydrogen-bond donors (Lipinski definition) is 1. The predicted molar refractivity (Wildman–Crippen MR) is 76.0 cm³/mol. The second-order valence-corrected chi connectivity index (χ2v) is 8.51. The van der Waals surface area contributed by atoms with E-state index in [1.54, 1.807) is 0 Å². The summed E-state index contributed by atoms with van der Waals surface area (Å²) in [5.41, 5.74) is -0.106. The number of aliphatic hydroxyl groups excluding tert-OH is 1. The molecule has 3 nitrogen and oxygen atoms in total. The molecule has 3 fully saturated rings. The smallest absolute Gasteiger partial charge is 0.163 e. The molecule has 4 aliphatic carbocycles. The molecule has 1 N–H and O–H groups in total. The third kappa shape index (κ3) is 1.20. The Balaban J connectivity index is 1.93. The van der Waals surface area contributed by atoms with Crippen molar-refractivity contribution in [2.75, 3.05) is 0 Å². The van der Waals surface area contributed by atoms with Gasteiger partial charge in [-0.25, -0.2) is 0 Å². The van der Waals surface area contributed by atoms with Crippen LogP contribution in [0, 0.1) is 22.2 Å². The van der Waals surface area contributed by atoms with Crippen molar-refractivity contribution in [3.8, 4) is 0 Å². The molecule has 1 spiro atoms. The monoisotopic (exact) mass is 278 g/mol. The molecular formula is C17H26O3. The van der Waals surface area contributed by atoms with Crippen molar-refractivity contribution in [3.63, 3.8) is 0 Å². The Morgan fingerprint density at radius 1 is 1.00 bits per heavy atom. The van der Waals surface area contributed by atoms with E-state index in [9.17, 15) is 5.11 Å². The fraction of sp³-hybridized carbons (Fsp3) is 0.882. The maximum absolute atomic E-state index is 10.6. The SMILES string of the molecule is CC1(C)O[C@@H]2[C@H](O1)[C@]13C=C[C@@]2(C)C(C)(C)[C@H]1[C@H](O)CC3. The van der Waals surface area contributed by atoms with Crippen LogP contribution in [0.4, 0.5) is 0 Å². The summed E-state index contributed by atoms with van der Waals surface area (Å²) >= 11 is 0. The summed E-state index contributed by atoms with van der Waals surface area (Å²) in [6.07, 6.45) is 6.56. The van der Waals surface area contributed by atoms with Crippen LogP contribution in [-0.4, -0.2) is 29.2 Å². The van der Waals surface area contributed by atoms with Crippen molar-refractivity contribution in [1.29, 1.82) is 0 Å². The van der Waals surface area contributed by atoms with E-state index in [0.29, 0.717) is 0 Å². The molecule has 0 radical (unpaired) electrons. The Bertz CT molecular complexity index is 494. The first-order valence-corrected chi connectivity index (χ1v) is 7.88. The highest BCUT2D eigenvalue weighted by Gasteiger charge is 2.75. The highest BCUT2D eigenvalue weighted by atomic mass is 16.8. The van der Waals surface area contributed by atoms with Crippen molar-refractivity contribution in [2.45, 2.75) is 71.6 Å². The summed E-state index contributed by atoms with van der Waals surface area (Å²) in [4.78, 5) is 0. The molecule has 0 unspecified atom stereocenters. The van der Waals surface area contributed by atoms with E-state index < -0.39 is 5.79 Å². The third-order valence-corrected chi connectivity index (χ3v) is 6.96. The first kappa shape index (κ1) is 13.3. The third-order valence-electron chi connectivity index (χ3n) is 6.96. The zero-order chi connectivity index (χ0) is 14.6. The molecule has 5 rings (SSSR count). The number of rotatable bonds is 0. The minimum atomic E-state index is -0.520. The van der Waals surface area contributed by atoms with Crippen molar-refractivity contribution in [1.82, 2.24) is 0 Å². The largest absolute Gasteiger partial charge is 0.393 e. The lowest BCUT2D eigenvalue weighted by Crippen LogP contribution is -2.68. The Labute approximate surface area is 121 Å². The van der Waals surface area contributed by atoms with E-state index in [1.165, 1.54) is 0 Å². The molecule has 0 amide bonds. The zero-order valence-corrected chi connectivity index (χ0v) is 13.1. The number of aliphatic hydroxyl groups is 1. The number of hydrogen-bond acceptors (Lipinski definition) is 3. The standard InChI is InChI=1S/C17H26O3/c1-14(2)11-10(18)6-7-17(11)9-8-16(14,5)12-13(17)20-15(3,4)19-12/h8-13,18H,6-7H2,1-5H3/t10-,11-,12-,13+,16-,17-/m1/s1. The second-order valence-electron chi connectivity index (χ2n) is 8.51. The molecule has 112 valence electrons. The second kappa shape index (κ2) is 3.34. The first-order chi connectivity index (χ1) is 9.14. The molecular weight excluding hydrogens is 252 g/mol. The van der Waals surface area contributed by atoms with Gasteiger partial charge in [-0.15, -0.1) is 0 Å². The quantitative estimate of drug-likeness (QED) is 0.692. The number of ether oxygens (including phenoxy) is 2. The minimum absolute atomic E-state index is 0.0165. The van der Waals surface area contributed by atoms with Crippen LogP contribution in [0.2, 0.25) is 0 Å². The van der Waals surface area contributed by atoms with Crippen LogP contribution in [0.5, 0.6) is 0 Å². The summed E-state index contributed by atoms with van der Waals surface area (Å²) < 4.78 is 12.6. The lowest BCUT2D eigenvalue weighted by Gasteiger charge is -2.64. The van der Waals surface area contributed by atoms with Crippen molar-refractivity contribution in [2.24, 2.45) is 22.2 Å². The molecule has 1 saturated heterocycles. The van der Waals surface area contributed by atoms with E-state index in [0.717, 1.165) is 12.8 Å². The molecule has 1 aliphatic heterocycles. The average molecular weight is 278 g/mol. The van der Waals surface area contributed by atoms with E-state index >= 15 is 0 Å². The van der Waals surface area contributed by atoms with Crippen LogP contribution in [-0.2, 0) is 9.47 Å². The molecule has 2 saturated carbocycles. The molecule has 0 aromatic carbocycles. The Morgan fingerprint density at radius 3 is 2.35 bits per heavy atom. The molecule has 3 heteroatoms. The van der Waals surface area contributed by atoms with E-state index in [1.807, 2.05) is 13.8 Å². The van der Waals surface area contributed by atoms with Gasteiger partial charge < -0.3 is 14.6 Å². The molecule has 0 aromatic heterocycles. The normalized spacial score (nSPS) is 57.7. The van der Waals surface area contributed by atoms with Gasteiger partial charge in [0.05, 0.1) is 18.3 Å². The van der Waals surface area contributed by atoms with Crippen LogP contribution in [0.15, 0.2) is 12.2 Å². The van der Waals surface area contributed by atoms with Gasteiger partial charge in [0, 0.05) is 16.7 Å². The van der Waals surface area contributed by atoms with E-state index in [4.69, 9.17) is 9.47 Å².